The van der Waals surface area contributed by atoms with E-state index >= 15 is 0 Å². The lowest BCUT2D eigenvalue weighted by molar-refractivity contribution is 1.04. The van der Waals surface area contributed by atoms with Gasteiger partial charge in [0.05, 0.1) is 23.1 Å². The Kier molecular flexibility index (Phi) is 5.77. The zero-order chi connectivity index (χ0) is 21.6. The van der Waals surface area contributed by atoms with Gasteiger partial charge in [-0.1, -0.05) is 30.3 Å². The molecule has 0 radical (unpaired) electrons. The van der Waals surface area contributed by atoms with Gasteiger partial charge in [0.1, 0.15) is 6.07 Å². The molecule has 150 valence electrons. The zero-order valence-corrected chi connectivity index (χ0v) is 17.1. The molecule has 0 atom stereocenters. The summed E-state index contributed by atoms with van der Waals surface area (Å²) < 4.78 is 0. The van der Waals surface area contributed by atoms with Crippen LogP contribution in [0.4, 0.5) is 0 Å². The number of rotatable bonds is 4. The average molecular weight is 404 g/mol. The van der Waals surface area contributed by atoms with E-state index < -0.39 is 0 Å². The Morgan fingerprint density at radius 1 is 1.10 bits per heavy atom. The SMILES string of the molecule is C=NC(=NCc1ccc2cc(C#N)cnc2c1)N/C(=C\C)c1ccc2ncccc2c1. The van der Waals surface area contributed by atoms with Crippen LogP contribution in [0.25, 0.3) is 27.5 Å². The van der Waals surface area contributed by atoms with Crippen molar-refractivity contribution >= 4 is 40.2 Å². The van der Waals surface area contributed by atoms with Gasteiger partial charge < -0.3 is 5.32 Å². The molecule has 0 unspecified atom stereocenters. The molecule has 2 heterocycles. The molecule has 0 fully saturated rings. The summed E-state index contributed by atoms with van der Waals surface area (Å²) >= 11 is 0. The monoisotopic (exact) mass is 404 g/mol. The highest BCUT2D eigenvalue weighted by Gasteiger charge is 2.06. The summed E-state index contributed by atoms with van der Waals surface area (Å²) in [5.74, 6) is 0.437. The fourth-order valence-electron chi connectivity index (χ4n) is 3.30. The molecule has 6 heteroatoms. The normalized spacial score (nSPS) is 12.0. The van der Waals surface area contributed by atoms with Crippen LogP contribution in [0, 0.1) is 11.3 Å². The van der Waals surface area contributed by atoms with Crippen molar-refractivity contribution in [3.05, 3.63) is 89.8 Å². The minimum Gasteiger partial charge on any atom is -0.324 e. The predicted molar refractivity (Wildman–Crippen MR) is 126 cm³/mol. The van der Waals surface area contributed by atoms with Gasteiger partial charge in [-0.25, -0.2) is 9.98 Å². The van der Waals surface area contributed by atoms with Gasteiger partial charge in [0, 0.05) is 28.9 Å². The molecular formula is C25H20N6. The van der Waals surface area contributed by atoms with E-state index in [1.807, 2.05) is 61.5 Å². The van der Waals surface area contributed by atoms with Crippen LogP contribution in [0.5, 0.6) is 0 Å². The highest BCUT2D eigenvalue weighted by Crippen LogP contribution is 2.19. The fraction of sp³-hybridized carbons (Fsp3) is 0.0800. The van der Waals surface area contributed by atoms with Crippen molar-refractivity contribution in [3.8, 4) is 6.07 Å². The van der Waals surface area contributed by atoms with Gasteiger partial charge in [-0.05, 0) is 55.1 Å². The lowest BCUT2D eigenvalue weighted by Gasteiger charge is -2.11. The molecule has 1 N–H and O–H groups in total. The minimum atomic E-state index is 0.428. The number of allylic oxidation sites excluding steroid dienone is 1. The molecule has 0 saturated heterocycles. The van der Waals surface area contributed by atoms with Gasteiger partial charge in [0.2, 0.25) is 5.96 Å². The fourth-order valence-corrected chi connectivity index (χ4v) is 3.30. The molecule has 0 bridgehead atoms. The Balaban J connectivity index is 1.54. The molecule has 4 rings (SSSR count). The molecule has 4 aromatic rings. The number of hydrogen-bond acceptors (Lipinski definition) is 4. The average Bonchev–Trinajstić information content (AvgIpc) is 2.83. The number of nitrogens with zero attached hydrogens (tertiary/aromatic N) is 5. The van der Waals surface area contributed by atoms with E-state index in [4.69, 9.17) is 5.26 Å². The molecule has 2 aromatic carbocycles. The second kappa shape index (κ2) is 8.97. The van der Waals surface area contributed by atoms with Crippen LogP contribution in [0.1, 0.15) is 23.6 Å². The van der Waals surface area contributed by atoms with Crippen LogP contribution in [0.2, 0.25) is 0 Å². The highest BCUT2D eigenvalue weighted by atomic mass is 15.1. The first-order valence-corrected chi connectivity index (χ1v) is 9.78. The second-order valence-corrected chi connectivity index (χ2v) is 6.90. The van der Waals surface area contributed by atoms with E-state index in [2.05, 4.69) is 44.1 Å². The Morgan fingerprint density at radius 3 is 2.77 bits per heavy atom. The summed E-state index contributed by atoms with van der Waals surface area (Å²) in [5, 5.41) is 14.3. The van der Waals surface area contributed by atoms with Gasteiger partial charge in [0.15, 0.2) is 0 Å². The van der Waals surface area contributed by atoms with Crippen molar-refractivity contribution < 1.29 is 0 Å². The largest absolute Gasteiger partial charge is 0.324 e. The molecular weight excluding hydrogens is 384 g/mol. The van der Waals surface area contributed by atoms with E-state index in [0.717, 1.165) is 38.6 Å². The molecule has 2 aromatic heterocycles. The Bertz CT molecular complexity index is 1380. The topological polar surface area (TPSA) is 86.3 Å². The molecule has 0 aliphatic rings. The van der Waals surface area contributed by atoms with E-state index in [1.165, 1.54) is 0 Å². The number of nitrogens with one attached hydrogen (secondary N) is 1. The predicted octanol–water partition coefficient (Wildman–Crippen LogP) is 4.86. The van der Waals surface area contributed by atoms with Gasteiger partial charge in [-0.3, -0.25) is 9.97 Å². The molecule has 0 aliphatic heterocycles. The number of nitriles is 1. The number of guanidine groups is 1. The Morgan fingerprint density at radius 2 is 1.97 bits per heavy atom. The summed E-state index contributed by atoms with van der Waals surface area (Å²) in [6.45, 7) is 6.04. The van der Waals surface area contributed by atoms with E-state index in [-0.39, 0.29) is 0 Å². The van der Waals surface area contributed by atoms with Crippen LogP contribution in [0.15, 0.2) is 83.1 Å². The highest BCUT2D eigenvalue weighted by molar-refractivity contribution is 5.93. The van der Waals surface area contributed by atoms with Crippen molar-refractivity contribution in [2.75, 3.05) is 0 Å². The van der Waals surface area contributed by atoms with Crippen molar-refractivity contribution in [3.63, 3.8) is 0 Å². The standard InChI is InChI=1S/C25H20N6/c1-3-22(21-8-9-23-19(13-21)5-4-10-28-23)31-25(27-2)30-15-17-6-7-20-11-18(14-26)16-29-24(20)12-17/h3-13,16H,2,15H2,1H3,(H,30,31)/b22-3-. The van der Waals surface area contributed by atoms with E-state index in [0.29, 0.717) is 18.1 Å². The minimum absolute atomic E-state index is 0.428. The van der Waals surface area contributed by atoms with Crippen LogP contribution < -0.4 is 5.32 Å². The molecule has 0 amide bonds. The van der Waals surface area contributed by atoms with Gasteiger partial charge in [-0.15, -0.1) is 0 Å². The third-order valence-electron chi connectivity index (χ3n) is 4.89. The Hall–Kier alpha value is -4.37. The van der Waals surface area contributed by atoms with Crippen molar-refractivity contribution in [1.82, 2.24) is 15.3 Å². The lowest BCUT2D eigenvalue weighted by atomic mass is 10.1. The van der Waals surface area contributed by atoms with Crippen molar-refractivity contribution in [2.45, 2.75) is 13.5 Å². The molecule has 0 aliphatic carbocycles. The second-order valence-electron chi connectivity index (χ2n) is 6.90. The van der Waals surface area contributed by atoms with Crippen molar-refractivity contribution in [1.29, 1.82) is 5.26 Å². The van der Waals surface area contributed by atoms with E-state index in [9.17, 15) is 0 Å². The number of aromatic nitrogens is 2. The maximum atomic E-state index is 9.01. The van der Waals surface area contributed by atoms with Crippen LogP contribution in [-0.2, 0) is 6.54 Å². The molecule has 0 spiro atoms. The first kappa shape index (κ1) is 19.9. The summed E-state index contributed by atoms with van der Waals surface area (Å²) in [4.78, 5) is 17.3. The van der Waals surface area contributed by atoms with Crippen LogP contribution >= 0.6 is 0 Å². The maximum Gasteiger partial charge on any atom is 0.222 e. The van der Waals surface area contributed by atoms with Gasteiger partial charge >= 0.3 is 0 Å². The summed E-state index contributed by atoms with van der Waals surface area (Å²) in [7, 11) is 0. The quantitative estimate of drug-likeness (QED) is 0.389. The Labute approximate surface area is 180 Å². The number of fused-ring (bicyclic) bond motifs is 2. The number of benzene rings is 2. The number of pyridine rings is 2. The first-order valence-electron chi connectivity index (χ1n) is 9.78. The van der Waals surface area contributed by atoms with Gasteiger partial charge in [0.25, 0.3) is 0 Å². The van der Waals surface area contributed by atoms with E-state index in [1.54, 1.807) is 12.4 Å². The van der Waals surface area contributed by atoms with Gasteiger partial charge in [-0.2, -0.15) is 5.26 Å². The summed E-state index contributed by atoms with van der Waals surface area (Å²) in [6.07, 6.45) is 5.34. The van der Waals surface area contributed by atoms with Crippen molar-refractivity contribution in [2.24, 2.45) is 9.98 Å². The van der Waals surface area contributed by atoms with Crippen LogP contribution in [-0.4, -0.2) is 22.6 Å². The zero-order valence-electron chi connectivity index (χ0n) is 17.1. The first-order chi connectivity index (χ1) is 15.2. The number of aliphatic imine (C=N–C) groups is 2. The summed E-state index contributed by atoms with van der Waals surface area (Å²) in [6, 6.07) is 19.9. The molecule has 0 saturated carbocycles. The third kappa shape index (κ3) is 4.46. The van der Waals surface area contributed by atoms with Crippen LogP contribution in [0.3, 0.4) is 0 Å². The lowest BCUT2D eigenvalue weighted by Crippen LogP contribution is -2.20. The molecule has 6 nitrogen and oxygen atoms in total. The third-order valence-corrected chi connectivity index (χ3v) is 4.89. The molecule has 31 heavy (non-hydrogen) atoms. The smallest absolute Gasteiger partial charge is 0.222 e. The summed E-state index contributed by atoms with van der Waals surface area (Å²) in [5.41, 5.74) is 5.22. The maximum absolute atomic E-state index is 9.01. The number of hydrogen-bond donors (Lipinski definition) is 1.